The molecule has 0 bridgehead atoms. The number of anilines is 2. The lowest BCUT2D eigenvalue weighted by atomic mass is 10.1. The minimum atomic E-state index is 0.688. The van der Waals surface area contributed by atoms with Gasteiger partial charge in [-0.25, -0.2) is 4.98 Å². The van der Waals surface area contributed by atoms with Crippen molar-refractivity contribution in [3.8, 4) is 11.5 Å². The van der Waals surface area contributed by atoms with Gasteiger partial charge in [-0.1, -0.05) is 18.2 Å². The van der Waals surface area contributed by atoms with Gasteiger partial charge < -0.3 is 14.8 Å². The number of hydrogen-bond donors (Lipinski definition) is 2. The van der Waals surface area contributed by atoms with Gasteiger partial charge in [0.1, 0.15) is 17.0 Å². The fourth-order valence-electron chi connectivity index (χ4n) is 2.85. The van der Waals surface area contributed by atoms with Crippen molar-refractivity contribution < 1.29 is 9.47 Å². The smallest absolute Gasteiger partial charge is 0.157 e. The van der Waals surface area contributed by atoms with Crippen molar-refractivity contribution in [2.24, 2.45) is 0 Å². The van der Waals surface area contributed by atoms with E-state index in [1.54, 1.807) is 20.4 Å². The lowest BCUT2D eigenvalue weighted by Gasteiger charge is -2.13. The number of fused-ring (bicyclic) bond motifs is 3. The average Bonchev–Trinajstić information content (AvgIpc) is 3.11. The van der Waals surface area contributed by atoms with E-state index in [1.807, 2.05) is 42.5 Å². The summed E-state index contributed by atoms with van der Waals surface area (Å²) in [6.07, 6.45) is 1.79. The first-order valence-corrected chi connectivity index (χ1v) is 7.51. The number of methoxy groups -OCH3 is 2. The third-order valence-electron chi connectivity index (χ3n) is 3.96. The first-order chi connectivity index (χ1) is 11.8. The molecule has 0 fully saturated rings. The van der Waals surface area contributed by atoms with E-state index >= 15 is 0 Å². The van der Waals surface area contributed by atoms with Gasteiger partial charge in [0.05, 0.1) is 37.0 Å². The Balaban J connectivity index is 1.94. The number of aromatic amines is 1. The molecule has 4 rings (SSSR count). The van der Waals surface area contributed by atoms with Crippen LogP contribution in [0.4, 0.5) is 11.5 Å². The second kappa shape index (κ2) is 5.73. The fourth-order valence-corrected chi connectivity index (χ4v) is 2.85. The number of pyridine rings is 1. The van der Waals surface area contributed by atoms with Gasteiger partial charge in [0.2, 0.25) is 0 Å². The molecule has 0 radical (unpaired) electrons. The van der Waals surface area contributed by atoms with Crippen LogP contribution in [0.2, 0.25) is 0 Å². The molecular weight excluding hydrogens is 304 g/mol. The third kappa shape index (κ3) is 2.20. The number of nitrogens with one attached hydrogen (secondary N) is 2. The molecule has 120 valence electrons. The molecule has 6 heteroatoms. The van der Waals surface area contributed by atoms with Gasteiger partial charge in [0.15, 0.2) is 5.82 Å². The number of para-hydroxylation sites is 2. The van der Waals surface area contributed by atoms with Crippen molar-refractivity contribution in [1.29, 1.82) is 0 Å². The van der Waals surface area contributed by atoms with E-state index in [2.05, 4.69) is 15.5 Å². The summed E-state index contributed by atoms with van der Waals surface area (Å²) in [4.78, 5) is 4.74. The Hall–Kier alpha value is -3.28. The minimum absolute atomic E-state index is 0.688. The second-order valence-corrected chi connectivity index (χ2v) is 5.30. The molecular formula is C18H16N4O2. The van der Waals surface area contributed by atoms with Gasteiger partial charge in [-0.15, -0.1) is 0 Å². The normalized spacial score (nSPS) is 10.9. The van der Waals surface area contributed by atoms with Crippen molar-refractivity contribution in [3.63, 3.8) is 0 Å². The molecule has 0 amide bonds. The van der Waals surface area contributed by atoms with Gasteiger partial charge in [-0.2, -0.15) is 5.10 Å². The number of H-pyrrole nitrogens is 1. The maximum atomic E-state index is 5.48. The lowest BCUT2D eigenvalue weighted by molar-refractivity contribution is 0.417. The summed E-state index contributed by atoms with van der Waals surface area (Å²) in [6, 6.07) is 13.5. The predicted octanol–water partition coefficient (Wildman–Crippen LogP) is 3.87. The number of benzene rings is 2. The summed E-state index contributed by atoms with van der Waals surface area (Å²) in [6.45, 7) is 0. The monoisotopic (exact) mass is 320 g/mol. The molecule has 2 heterocycles. The Morgan fingerprint density at radius 2 is 1.75 bits per heavy atom. The zero-order valence-corrected chi connectivity index (χ0v) is 13.3. The van der Waals surface area contributed by atoms with Crippen LogP contribution in [-0.2, 0) is 0 Å². The highest BCUT2D eigenvalue weighted by molar-refractivity contribution is 6.11. The van der Waals surface area contributed by atoms with Gasteiger partial charge >= 0.3 is 0 Å². The summed E-state index contributed by atoms with van der Waals surface area (Å²) in [5.74, 6) is 2.21. The van der Waals surface area contributed by atoms with E-state index < -0.39 is 0 Å². The summed E-state index contributed by atoms with van der Waals surface area (Å²) in [7, 11) is 3.30. The zero-order chi connectivity index (χ0) is 16.5. The molecule has 24 heavy (non-hydrogen) atoms. The molecule has 2 aromatic heterocycles. The van der Waals surface area contributed by atoms with E-state index in [0.29, 0.717) is 5.82 Å². The van der Waals surface area contributed by atoms with E-state index in [1.165, 1.54) is 0 Å². The van der Waals surface area contributed by atoms with Crippen molar-refractivity contribution >= 4 is 33.3 Å². The first-order valence-electron chi connectivity index (χ1n) is 7.51. The van der Waals surface area contributed by atoms with Gasteiger partial charge in [0.25, 0.3) is 0 Å². The Morgan fingerprint density at radius 3 is 2.58 bits per heavy atom. The van der Waals surface area contributed by atoms with Crippen LogP contribution >= 0.6 is 0 Å². The van der Waals surface area contributed by atoms with Crippen LogP contribution < -0.4 is 14.8 Å². The second-order valence-electron chi connectivity index (χ2n) is 5.30. The largest absolute Gasteiger partial charge is 0.496 e. The topological polar surface area (TPSA) is 72.1 Å². The van der Waals surface area contributed by atoms with Crippen LogP contribution in [0, 0.1) is 0 Å². The molecule has 6 nitrogen and oxygen atoms in total. The number of rotatable bonds is 4. The molecule has 0 aliphatic carbocycles. The highest BCUT2D eigenvalue weighted by Gasteiger charge is 2.14. The van der Waals surface area contributed by atoms with Crippen LogP contribution in [0.15, 0.2) is 48.7 Å². The number of ether oxygens (including phenoxy) is 2. The summed E-state index contributed by atoms with van der Waals surface area (Å²) in [5.41, 5.74) is 2.49. The van der Waals surface area contributed by atoms with Crippen LogP contribution in [0.1, 0.15) is 0 Å². The Labute approximate surface area is 138 Å². The third-order valence-corrected chi connectivity index (χ3v) is 3.96. The van der Waals surface area contributed by atoms with E-state index in [4.69, 9.17) is 14.5 Å². The van der Waals surface area contributed by atoms with E-state index in [9.17, 15) is 0 Å². The molecule has 0 aliphatic rings. The molecule has 0 saturated heterocycles. The maximum absolute atomic E-state index is 5.48. The van der Waals surface area contributed by atoms with Crippen LogP contribution in [0.5, 0.6) is 11.5 Å². The van der Waals surface area contributed by atoms with Gasteiger partial charge in [0, 0.05) is 5.39 Å². The zero-order valence-electron chi connectivity index (χ0n) is 13.3. The predicted molar refractivity (Wildman–Crippen MR) is 94.2 cm³/mol. The average molecular weight is 320 g/mol. The molecule has 2 aromatic carbocycles. The van der Waals surface area contributed by atoms with Crippen LogP contribution in [-0.4, -0.2) is 29.4 Å². The van der Waals surface area contributed by atoms with Crippen LogP contribution in [0.3, 0.4) is 0 Å². The van der Waals surface area contributed by atoms with Gasteiger partial charge in [-0.3, -0.25) is 5.10 Å². The van der Waals surface area contributed by atoms with Gasteiger partial charge in [-0.05, 0) is 24.3 Å². The summed E-state index contributed by atoms with van der Waals surface area (Å²) in [5, 5.41) is 12.4. The van der Waals surface area contributed by atoms with E-state index in [0.717, 1.165) is 39.0 Å². The minimum Gasteiger partial charge on any atom is -0.496 e. The molecule has 0 saturated carbocycles. The van der Waals surface area contributed by atoms with Crippen molar-refractivity contribution in [2.45, 2.75) is 0 Å². The quantitative estimate of drug-likeness (QED) is 0.597. The number of aromatic nitrogens is 3. The van der Waals surface area contributed by atoms with E-state index in [-0.39, 0.29) is 0 Å². The Bertz CT molecular complexity index is 1030. The first kappa shape index (κ1) is 14.3. The van der Waals surface area contributed by atoms with Crippen molar-refractivity contribution in [2.75, 3.05) is 19.5 Å². The Kier molecular flexibility index (Phi) is 3.42. The van der Waals surface area contributed by atoms with Crippen molar-refractivity contribution in [3.05, 3.63) is 48.7 Å². The molecule has 0 spiro atoms. The Morgan fingerprint density at radius 1 is 0.958 bits per heavy atom. The van der Waals surface area contributed by atoms with Crippen LogP contribution in [0.25, 0.3) is 21.8 Å². The molecule has 0 aliphatic heterocycles. The van der Waals surface area contributed by atoms with Crippen molar-refractivity contribution in [1.82, 2.24) is 15.2 Å². The SMILES string of the molecule is COc1ccccc1Nc1nc2cccc(OC)c2c2cn[nH]c12. The maximum Gasteiger partial charge on any atom is 0.157 e. The lowest BCUT2D eigenvalue weighted by Crippen LogP contribution is -1.98. The number of hydrogen-bond acceptors (Lipinski definition) is 5. The summed E-state index contributed by atoms with van der Waals surface area (Å²) < 4.78 is 10.9. The highest BCUT2D eigenvalue weighted by atomic mass is 16.5. The fraction of sp³-hybridized carbons (Fsp3) is 0.111. The molecule has 4 aromatic rings. The highest BCUT2D eigenvalue weighted by Crippen LogP contribution is 2.36. The number of nitrogens with zero attached hydrogens (tertiary/aromatic N) is 2. The standard InChI is InChI=1S/C18H16N4O2/c1-23-14-8-4-3-6-12(14)20-18-17-11(10-19-22-17)16-13(21-18)7-5-9-15(16)24-2/h3-10H,1-2H3,(H,19,22)(H,20,21). The molecule has 0 atom stereocenters. The molecule has 2 N–H and O–H groups in total. The molecule has 0 unspecified atom stereocenters. The summed E-state index contributed by atoms with van der Waals surface area (Å²) >= 11 is 0.